The van der Waals surface area contributed by atoms with Crippen LogP contribution in [0.3, 0.4) is 0 Å². The Hall–Kier alpha value is -2.69. The zero-order chi connectivity index (χ0) is 19.2. The monoisotopic (exact) mass is 357 g/mol. The number of phenolic OH excluding ortho intramolecular Hbond substituents is 1. The minimum atomic E-state index is -0.533. The number of carbonyl (C=O) groups excluding carboxylic acids is 1. The van der Waals surface area contributed by atoms with E-state index >= 15 is 0 Å². The number of alkyl carbamates (subject to hydrolysis) is 1. The lowest BCUT2D eigenvalue weighted by molar-refractivity contribution is 0.0520. The van der Waals surface area contributed by atoms with Crippen LogP contribution < -0.4 is 10.1 Å². The Morgan fingerprint density at radius 1 is 1.08 bits per heavy atom. The molecule has 0 aliphatic carbocycles. The predicted molar refractivity (Wildman–Crippen MR) is 103 cm³/mol. The van der Waals surface area contributed by atoms with Crippen molar-refractivity contribution in [2.45, 2.75) is 39.7 Å². The molecule has 2 aromatic rings. The van der Waals surface area contributed by atoms with Gasteiger partial charge in [-0.3, -0.25) is 0 Å². The molecule has 0 saturated carbocycles. The summed E-state index contributed by atoms with van der Waals surface area (Å²) in [5.41, 5.74) is 2.70. The highest BCUT2D eigenvalue weighted by atomic mass is 16.6. The van der Waals surface area contributed by atoms with Gasteiger partial charge in [0.1, 0.15) is 12.2 Å². The molecule has 0 aliphatic heterocycles. The largest absolute Gasteiger partial charge is 0.504 e. The molecule has 5 heteroatoms. The number of phenols is 1. The van der Waals surface area contributed by atoms with Gasteiger partial charge in [0, 0.05) is 0 Å². The van der Waals surface area contributed by atoms with Crippen LogP contribution in [-0.2, 0) is 11.2 Å². The van der Waals surface area contributed by atoms with Crippen LogP contribution in [0.1, 0.15) is 33.3 Å². The van der Waals surface area contributed by atoms with Crippen molar-refractivity contribution in [1.29, 1.82) is 0 Å². The minimum absolute atomic E-state index is 0.0688. The second-order valence-corrected chi connectivity index (χ2v) is 7.01. The Morgan fingerprint density at radius 3 is 2.31 bits per heavy atom. The lowest BCUT2D eigenvalue weighted by atomic mass is 10.0. The highest BCUT2D eigenvalue weighted by Gasteiger charge is 2.15. The maximum absolute atomic E-state index is 11.5. The van der Waals surface area contributed by atoms with Gasteiger partial charge in [-0.05, 0) is 56.0 Å². The van der Waals surface area contributed by atoms with Crippen molar-refractivity contribution in [2.24, 2.45) is 0 Å². The SMILES string of the molecule is CCc1ccc(-c2ccc(OCCNC(=O)OC(C)(C)C)c(O)c2)cc1. The third-order valence-corrected chi connectivity index (χ3v) is 3.68. The van der Waals surface area contributed by atoms with Crippen molar-refractivity contribution in [3.8, 4) is 22.6 Å². The van der Waals surface area contributed by atoms with Gasteiger partial charge in [0.05, 0.1) is 6.54 Å². The highest BCUT2D eigenvalue weighted by Crippen LogP contribution is 2.31. The zero-order valence-corrected chi connectivity index (χ0v) is 15.8. The van der Waals surface area contributed by atoms with Crippen molar-refractivity contribution in [3.05, 3.63) is 48.0 Å². The first-order chi connectivity index (χ1) is 12.3. The second kappa shape index (κ2) is 8.61. The summed E-state index contributed by atoms with van der Waals surface area (Å²) in [5.74, 6) is 0.448. The van der Waals surface area contributed by atoms with Crippen molar-refractivity contribution < 1.29 is 19.4 Å². The van der Waals surface area contributed by atoms with Crippen LogP contribution in [-0.4, -0.2) is 30.0 Å². The topological polar surface area (TPSA) is 67.8 Å². The Labute approximate surface area is 155 Å². The van der Waals surface area contributed by atoms with Crippen LogP contribution in [0.2, 0.25) is 0 Å². The van der Waals surface area contributed by atoms with Crippen LogP contribution in [0.5, 0.6) is 11.5 Å². The molecule has 2 rings (SSSR count). The number of ether oxygens (including phenoxy) is 2. The van der Waals surface area contributed by atoms with E-state index in [1.807, 2.05) is 18.2 Å². The van der Waals surface area contributed by atoms with Gasteiger partial charge in [0.15, 0.2) is 11.5 Å². The number of carbonyl (C=O) groups is 1. The van der Waals surface area contributed by atoms with E-state index in [1.54, 1.807) is 32.9 Å². The van der Waals surface area contributed by atoms with Gasteiger partial charge in [-0.15, -0.1) is 0 Å². The fourth-order valence-corrected chi connectivity index (χ4v) is 2.38. The molecule has 0 unspecified atom stereocenters. The van der Waals surface area contributed by atoms with Crippen molar-refractivity contribution >= 4 is 6.09 Å². The number of amides is 1. The average Bonchev–Trinajstić information content (AvgIpc) is 2.58. The number of hydrogen-bond acceptors (Lipinski definition) is 4. The second-order valence-electron chi connectivity index (χ2n) is 7.01. The summed E-state index contributed by atoms with van der Waals surface area (Å²) in [5, 5.41) is 12.8. The summed E-state index contributed by atoms with van der Waals surface area (Å²) >= 11 is 0. The van der Waals surface area contributed by atoms with E-state index in [0.717, 1.165) is 17.5 Å². The van der Waals surface area contributed by atoms with Gasteiger partial charge in [0.2, 0.25) is 0 Å². The maximum atomic E-state index is 11.5. The van der Waals surface area contributed by atoms with E-state index in [9.17, 15) is 9.90 Å². The molecule has 0 aromatic heterocycles. The molecule has 0 bridgehead atoms. The third kappa shape index (κ3) is 5.99. The molecule has 0 fully saturated rings. The summed E-state index contributed by atoms with van der Waals surface area (Å²) in [7, 11) is 0. The molecule has 0 aliphatic rings. The van der Waals surface area contributed by atoms with E-state index in [-0.39, 0.29) is 18.9 Å². The highest BCUT2D eigenvalue weighted by molar-refractivity contribution is 5.68. The zero-order valence-electron chi connectivity index (χ0n) is 15.8. The third-order valence-electron chi connectivity index (χ3n) is 3.68. The van der Waals surface area contributed by atoms with Crippen LogP contribution >= 0.6 is 0 Å². The van der Waals surface area contributed by atoms with Crippen molar-refractivity contribution in [2.75, 3.05) is 13.2 Å². The van der Waals surface area contributed by atoms with Crippen LogP contribution in [0.15, 0.2) is 42.5 Å². The number of benzene rings is 2. The summed E-state index contributed by atoms with van der Waals surface area (Å²) in [6.45, 7) is 8.05. The first-order valence-electron chi connectivity index (χ1n) is 8.80. The number of aromatic hydroxyl groups is 1. The van der Waals surface area contributed by atoms with Gasteiger partial charge in [-0.2, -0.15) is 0 Å². The van der Waals surface area contributed by atoms with Crippen molar-refractivity contribution in [3.63, 3.8) is 0 Å². The van der Waals surface area contributed by atoms with Gasteiger partial charge in [-0.25, -0.2) is 4.79 Å². The summed E-state index contributed by atoms with van der Waals surface area (Å²) < 4.78 is 10.7. The lowest BCUT2D eigenvalue weighted by Crippen LogP contribution is -2.34. The van der Waals surface area contributed by atoms with Gasteiger partial charge >= 0.3 is 6.09 Å². The Morgan fingerprint density at radius 2 is 1.73 bits per heavy atom. The molecular weight excluding hydrogens is 330 g/mol. The fraction of sp³-hybridized carbons (Fsp3) is 0.381. The smallest absolute Gasteiger partial charge is 0.407 e. The molecule has 2 aromatic carbocycles. The van der Waals surface area contributed by atoms with Gasteiger partial charge in [-0.1, -0.05) is 37.3 Å². The maximum Gasteiger partial charge on any atom is 0.407 e. The predicted octanol–water partition coefficient (Wildman–Crippen LogP) is 4.53. The number of rotatable bonds is 6. The molecule has 26 heavy (non-hydrogen) atoms. The summed E-state index contributed by atoms with van der Waals surface area (Å²) in [4.78, 5) is 11.5. The molecule has 1 amide bonds. The first kappa shape index (κ1) is 19.6. The van der Waals surface area contributed by atoms with Crippen LogP contribution in [0, 0.1) is 0 Å². The lowest BCUT2D eigenvalue weighted by Gasteiger charge is -2.19. The normalized spacial score (nSPS) is 11.1. The minimum Gasteiger partial charge on any atom is -0.504 e. The first-order valence-corrected chi connectivity index (χ1v) is 8.80. The van der Waals surface area contributed by atoms with E-state index in [2.05, 4.69) is 24.4 Å². The number of aryl methyl sites for hydroxylation is 1. The Kier molecular flexibility index (Phi) is 6.50. The molecule has 5 nitrogen and oxygen atoms in total. The van der Waals surface area contributed by atoms with E-state index in [1.165, 1.54) is 5.56 Å². The Balaban J connectivity index is 1.88. The van der Waals surface area contributed by atoms with Crippen molar-refractivity contribution in [1.82, 2.24) is 5.32 Å². The van der Waals surface area contributed by atoms with Crippen LogP contribution in [0.4, 0.5) is 4.79 Å². The molecule has 0 atom stereocenters. The molecule has 140 valence electrons. The fourth-order valence-electron chi connectivity index (χ4n) is 2.38. The molecule has 0 heterocycles. The van der Waals surface area contributed by atoms with E-state index in [0.29, 0.717) is 5.75 Å². The molecule has 0 spiro atoms. The number of hydrogen-bond donors (Lipinski definition) is 2. The molecule has 2 N–H and O–H groups in total. The summed E-state index contributed by atoms with van der Waals surface area (Å²) in [6, 6.07) is 13.6. The molecular formula is C21H27NO4. The molecule has 0 radical (unpaired) electrons. The average molecular weight is 357 g/mol. The Bertz CT molecular complexity index is 733. The number of nitrogens with one attached hydrogen (secondary N) is 1. The van der Waals surface area contributed by atoms with Gasteiger partial charge in [0.25, 0.3) is 0 Å². The standard InChI is InChI=1S/C21H27NO4/c1-5-15-6-8-16(9-7-15)17-10-11-19(18(23)14-17)25-13-12-22-20(24)26-21(2,3)4/h6-11,14,23H,5,12-13H2,1-4H3,(H,22,24). The molecule has 0 saturated heterocycles. The van der Waals surface area contributed by atoms with Crippen LogP contribution in [0.25, 0.3) is 11.1 Å². The summed E-state index contributed by atoms with van der Waals surface area (Å²) in [6.07, 6.45) is 0.506. The van der Waals surface area contributed by atoms with E-state index in [4.69, 9.17) is 9.47 Å². The quantitative estimate of drug-likeness (QED) is 0.746. The van der Waals surface area contributed by atoms with E-state index < -0.39 is 11.7 Å². The van der Waals surface area contributed by atoms with Gasteiger partial charge < -0.3 is 19.9 Å².